The van der Waals surface area contributed by atoms with Gasteiger partial charge in [0, 0.05) is 12.6 Å². The highest BCUT2D eigenvalue weighted by molar-refractivity contribution is 7.17. The number of hydrogen-bond donors (Lipinski definition) is 1. The maximum absolute atomic E-state index is 13.0. The van der Waals surface area contributed by atoms with Gasteiger partial charge in [-0.2, -0.15) is 0 Å². The minimum atomic E-state index is -0.351. The highest BCUT2D eigenvalue weighted by atomic mass is 32.1. The number of aromatic amines is 1. The van der Waals surface area contributed by atoms with Crippen molar-refractivity contribution in [2.24, 2.45) is 0 Å². The van der Waals surface area contributed by atoms with Gasteiger partial charge in [-0.3, -0.25) is 9.59 Å². The van der Waals surface area contributed by atoms with Crippen molar-refractivity contribution < 1.29 is 13.6 Å². The summed E-state index contributed by atoms with van der Waals surface area (Å²) >= 11 is 1.32. The maximum atomic E-state index is 13.0. The van der Waals surface area contributed by atoms with E-state index in [1.807, 2.05) is 0 Å². The van der Waals surface area contributed by atoms with Crippen LogP contribution in [0.15, 0.2) is 57.1 Å². The van der Waals surface area contributed by atoms with Gasteiger partial charge in [-0.25, -0.2) is 9.37 Å². The number of thiophene rings is 1. The van der Waals surface area contributed by atoms with Crippen molar-refractivity contribution in [3.63, 3.8) is 0 Å². The molecule has 4 rings (SSSR count). The summed E-state index contributed by atoms with van der Waals surface area (Å²) in [6.07, 6.45) is 0. The van der Waals surface area contributed by atoms with Crippen molar-refractivity contribution in [2.75, 3.05) is 7.05 Å². The Bertz CT molecular complexity index is 1180. The fraction of sp³-hybridized carbons (Fsp3) is 0.105. The molecule has 3 heterocycles. The molecule has 4 aromatic rings. The molecular weight excluding hydrogens is 369 g/mol. The van der Waals surface area contributed by atoms with Crippen molar-refractivity contribution >= 4 is 27.5 Å². The quantitative estimate of drug-likeness (QED) is 0.583. The van der Waals surface area contributed by atoms with Crippen LogP contribution in [0, 0.1) is 5.82 Å². The van der Waals surface area contributed by atoms with E-state index in [0.29, 0.717) is 27.4 Å². The normalized spacial score (nSPS) is 11.0. The summed E-state index contributed by atoms with van der Waals surface area (Å²) in [5.74, 6) is 0.322. The van der Waals surface area contributed by atoms with Crippen LogP contribution in [0.2, 0.25) is 0 Å². The zero-order valence-electron chi connectivity index (χ0n) is 14.2. The average Bonchev–Trinajstić information content (AvgIpc) is 3.31. The molecule has 0 bridgehead atoms. The number of carbonyl (C=O) groups excluding carboxylic acids is 1. The first-order chi connectivity index (χ1) is 13.0. The van der Waals surface area contributed by atoms with Gasteiger partial charge in [-0.1, -0.05) is 0 Å². The highest BCUT2D eigenvalue weighted by Gasteiger charge is 2.18. The third-order valence-corrected chi connectivity index (χ3v) is 4.95. The molecule has 1 aromatic carbocycles. The largest absolute Gasteiger partial charge is 0.451 e. The first kappa shape index (κ1) is 17.2. The van der Waals surface area contributed by atoms with Crippen molar-refractivity contribution in [3.05, 3.63) is 75.6 Å². The number of amides is 1. The van der Waals surface area contributed by atoms with Gasteiger partial charge in [0.2, 0.25) is 0 Å². The summed E-state index contributed by atoms with van der Waals surface area (Å²) in [7, 11) is 1.60. The van der Waals surface area contributed by atoms with E-state index in [9.17, 15) is 14.0 Å². The monoisotopic (exact) mass is 383 g/mol. The Morgan fingerprint density at radius 1 is 1.22 bits per heavy atom. The smallest absolute Gasteiger partial charge is 0.289 e. The van der Waals surface area contributed by atoms with Crippen LogP contribution in [-0.4, -0.2) is 27.8 Å². The van der Waals surface area contributed by atoms with E-state index in [-0.39, 0.29) is 29.6 Å². The zero-order valence-corrected chi connectivity index (χ0v) is 15.0. The molecule has 0 spiro atoms. The lowest BCUT2D eigenvalue weighted by Crippen LogP contribution is -2.27. The molecule has 0 atom stereocenters. The molecule has 0 unspecified atom stereocenters. The molecule has 0 aliphatic rings. The molecule has 3 aromatic heterocycles. The van der Waals surface area contributed by atoms with Crippen molar-refractivity contribution in [3.8, 4) is 11.3 Å². The maximum Gasteiger partial charge on any atom is 0.289 e. The van der Waals surface area contributed by atoms with Crippen LogP contribution < -0.4 is 5.56 Å². The van der Waals surface area contributed by atoms with Crippen LogP contribution >= 0.6 is 11.3 Å². The van der Waals surface area contributed by atoms with E-state index in [1.54, 1.807) is 42.8 Å². The molecule has 136 valence electrons. The van der Waals surface area contributed by atoms with Crippen LogP contribution in [0.5, 0.6) is 0 Å². The van der Waals surface area contributed by atoms with Gasteiger partial charge < -0.3 is 14.3 Å². The number of aromatic nitrogens is 2. The molecule has 1 N–H and O–H groups in total. The molecule has 1 amide bonds. The van der Waals surface area contributed by atoms with Gasteiger partial charge in [0.05, 0.1) is 12.1 Å². The van der Waals surface area contributed by atoms with Crippen molar-refractivity contribution in [1.82, 2.24) is 14.9 Å². The third kappa shape index (κ3) is 3.39. The topological polar surface area (TPSA) is 79.2 Å². The van der Waals surface area contributed by atoms with E-state index in [4.69, 9.17) is 4.42 Å². The van der Waals surface area contributed by atoms with Gasteiger partial charge in [-0.15, -0.1) is 11.3 Å². The number of nitrogens with one attached hydrogen (secondary N) is 1. The van der Waals surface area contributed by atoms with Crippen LogP contribution in [0.4, 0.5) is 4.39 Å². The second-order valence-corrected chi connectivity index (χ2v) is 6.90. The summed E-state index contributed by atoms with van der Waals surface area (Å²) in [5.41, 5.74) is 1.06. The molecule has 0 saturated carbocycles. The Morgan fingerprint density at radius 3 is 2.78 bits per heavy atom. The number of nitrogens with zero attached hydrogens (tertiary/aromatic N) is 2. The standard InChI is InChI=1S/C19H14FN3O3S/c1-23(10-16-21-13-8-9-27-17(13)18(24)22-16)19(25)15-7-6-14(26-15)11-2-4-12(20)5-3-11/h2-9H,10H2,1H3,(H,21,22,24). The fourth-order valence-electron chi connectivity index (χ4n) is 2.70. The lowest BCUT2D eigenvalue weighted by atomic mass is 10.2. The predicted octanol–water partition coefficient (Wildman–Crippen LogP) is 3.66. The minimum Gasteiger partial charge on any atom is -0.451 e. The number of H-pyrrole nitrogens is 1. The Hall–Kier alpha value is -3.26. The van der Waals surface area contributed by atoms with Gasteiger partial charge in [-0.05, 0) is 47.8 Å². The summed E-state index contributed by atoms with van der Waals surface area (Å²) in [5, 5.41) is 1.80. The summed E-state index contributed by atoms with van der Waals surface area (Å²) in [6, 6.07) is 10.8. The summed E-state index contributed by atoms with van der Waals surface area (Å²) in [6.45, 7) is 0.131. The molecule has 27 heavy (non-hydrogen) atoms. The zero-order chi connectivity index (χ0) is 19.0. The average molecular weight is 383 g/mol. The highest BCUT2D eigenvalue weighted by Crippen LogP contribution is 2.23. The lowest BCUT2D eigenvalue weighted by Gasteiger charge is -2.14. The number of hydrogen-bond acceptors (Lipinski definition) is 5. The number of furan rings is 1. The Kier molecular flexibility index (Phi) is 4.33. The fourth-order valence-corrected chi connectivity index (χ4v) is 3.43. The Labute approximate surface area is 156 Å². The third-order valence-electron chi connectivity index (χ3n) is 4.04. The van der Waals surface area contributed by atoms with E-state index in [1.165, 1.54) is 28.4 Å². The molecule has 0 aliphatic carbocycles. The number of halogens is 1. The molecule has 0 aliphatic heterocycles. The van der Waals surface area contributed by atoms with Gasteiger partial charge in [0.25, 0.3) is 11.5 Å². The number of carbonyl (C=O) groups is 1. The molecule has 6 nitrogen and oxygen atoms in total. The SMILES string of the molecule is CN(Cc1nc2ccsc2c(=O)[nH]1)C(=O)c1ccc(-c2ccc(F)cc2)o1. The number of rotatable bonds is 4. The van der Waals surface area contributed by atoms with Gasteiger partial charge in [0.15, 0.2) is 5.76 Å². The first-order valence-corrected chi connectivity index (χ1v) is 8.97. The van der Waals surface area contributed by atoms with Crippen LogP contribution in [-0.2, 0) is 6.54 Å². The van der Waals surface area contributed by atoms with E-state index < -0.39 is 0 Å². The van der Waals surface area contributed by atoms with E-state index in [2.05, 4.69) is 9.97 Å². The number of fused-ring (bicyclic) bond motifs is 1. The first-order valence-electron chi connectivity index (χ1n) is 8.09. The molecule has 0 fully saturated rings. The predicted molar refractivity (Wildman–Crippen MR) is 100 cm³/mol. The van der Waals surface area contributed by atoms with Gasteiger partial charge in [0.1, 0.15) is 22.1 Å². The lowest BCUT2D eigenvalue weighted by molar-refractivity contribution is 0.0751. The summed E-state index contributed by atoms with van der Waals surface area (Å²) in [4.78, 5) is 33.1. The van der Waals surface area contributed by atoms with Crippen LogP contribution in [0.1, 0.15) is 16.4 Å². The van der Waals surface area contributed by atoms with Crippen molar-refractivity contribution in [2.45, 2.75) is 6.54 Å². The Balaban J connectivity index is 1.53. The number of benzene rings is 1. The van der Waals surface area contributed by atoms with Crippen LogP contribution in [0.25, 0.3) is 21.5 Å². The van der Waals surface area contributed by atoms with E-state index in [0.717, 1.165) is 0 Å². The van der Waals surface area contributed by atoms with E-state index >= 15 is 0 Å². The summed E-state index contributed by atoms with van der Waals surface area (Å²) < 4.78 is 19.2. The minimum absolute atomic E-state index is 0.131. The molecule has 8 heteroatoms. The molecular formula is C19H14FN3O3S. The molecule has 0 saturated heterocycles. The Morgan fingerprint density at radius 2 is 2.00 bits per heavy atom. The second-order valence-electron chi connectivity index (χ2n) is 5.98. The van der Waals surface area contributed by atoms with Crippen molar-refractivity contribution in [1.29, 1.82) is 0 Å². The second kappa shape index (κ2) is 6.81. The van der Waals surface area contributed by atoms with Crippen LogP contribution in [0.3, 0.4) is 0 Å². The van der Waals surface area contributed by atoms with Gasteiger partial charge >= 0.3 is 0 Å². The molecule has 0 radical (unpaired) electrons.